The summed E-state index contributed by atoms with van der Waals surface area (Å²) < 4.78 is 16.8. The maximum Gasteiger partial charge on any atom is 0.335 e. The van der Waals surface area contributed by atoms with Crippen molar-refractivity contribution in [3.05, 3.63) is 48.3 Å². The van der Waals surface area contributed by atoms with E-state index in [1.807, 2.05) is 0 Å². The predicted molar refractivity (Wildman–Crippen MR) is 64.6 cm³/mol. The molecule has 0 heterocycles. The van der Waals surface area contributed by atoms with Gasteiger partial charge >= 0.3 is 5.97 Å². The highest BCUT2D eigenvalue weighted by Gasteiger charge is 2.33. The number of halogens is 1. The number of rotatable bonds is 4. The van der Waals surface area contributed by atoms with Crippen molar-refractivity contribution >= 4 is 11.9 Å². The molecule has 0 radical (unpaired) electrons. The van der Waals surface area contributed by atoms with E-state index in [0.717, 1.165) is 6.08 Å². The first-order chi connectivity index (χ1) is 8.53. The summed E-state index contributed by atoms with van der Waals surface area (Å²) in [6.07, 6.45) is 1.13. The summed E-state index contributed by atoms with van der Waals surface area (Å²) in [5.41, 5.74) is -1.16. The molecule has 0 aliphatic heterocycles. The average Bonchev–Trinajstić information content (AvgIpc) is 2.39. The maximum absolute atomic E-state index is 12.3. The Kier molecular flexibility index (Phi) is 4.59. The maximum atomic E-state index is 12.3. The second kappa shape index (κ2) is 5.95. The molecule has 1 aromatic carbocycles. The zero-order valence-corrected chi connectivity index (χ0v) is 10.1. The molecule has 0 fully saturated rings. The summed E-state index contributed by atoms with van der Waals surface area (Å²) in [6, 6.07) is 8.32. The highest BCUT2D eigenvalue weighted by atomic mass is 19.1. The molecule has 0 aliphatic carbocycles. The average molecular weight is 251 g/mol. The number of carbonyl (C=O) groups is 2. The number of methoxy groups -OCH3 is 1. The van der Waals surface area contributed by atoms with E-state index >= 15 is 0 Å². The van der Waals surface area contributed by atoms with Crippen LogP contribution in [0, 0.1) is 0 Å². The zero-order valence-electron chi connectivity index (χ0n) is 10.1. The summed E-state index contributed by atoms with van der Waals surface area (Å²) in [5, 5.41) is 2.42. The van der Waals surface area contributed by atoms with E-state index in [9.17, 15) is 14.0 Å². The molecular weight excluding hydrogens is 237 g/mol. The smallest absolute Gasteiger partial charge is 0.335 e. The lowest BCUT2D eigenvalue weighted by Crippen LogP contribution is -2.51. The van der Waals surface area contributed by atoms with E-state index in [-0.39, 0.29) is 6.33 Å². The van der Waals surface area contributed by atoms with Crippen molar-refractivity contribution < 1.29 is 18.7 Å². The molecular formula is C13H14FNO3. The van der Waals surface area contributed by atoms with E-state index in [2.05, 4.69) is 10.1 Å². The van der Waals surface area contributed by atoms with Crippen LogP contribution in [0.4, 0.5) is 4.39 Å². The number of hydrogen-bond acceptors (Lipinski definition) is 3. The largest absolute Gasteiger partial charge is 0.467 e. The van der Waals surface area contributed by atoms with Crippen LogP contribution in [0.3, 0.4) is 0 Å². The second-order valence-electron chi connectivity index (χ2n) is 3.81. The number of hydrogen-bond donors (Lipinski definition) is 1. The Morgan fingerprint density at radius 1 is 1.33 bits per heavy atom. The molecule has 18 heavy (non-hydrogen) atoms. The van der Waals surface area contributed by atoms with E-state index in [1.54, 1.807) is 30.3 Å². The van der Waals surface area contributed by atoms with Crippen molar-refractivity contribution in [3.8, 4) is 0 Å². The monoisotopic (exact) mass is 251 g/mol. The number of amides is 1. The topological polar surface area (TPSA) is 55.4 Å². The van der Waals surface area contributed by atoms with Gasteiger partial charge in [-0.1, -0.05) is 18.2 Å². The van der Waals surface area contributed by atoms with Gasteiger partial charge in [-0.15, -0.1) is 0 Å². The first kappa shape index (κ1) is 13.9. The van der Waals surface area contributed by atoms with Gasteiger partial charge in [0.25, 0.3) is 5.91 Å². The van der Waals surface area contributed by atoms with Crippen molar-refractivity contribution in [2.45, 2.75) is 12.5 Å². The van der Waals surface area contributed by atoms with Gasteiger partial charge < -0.3 is 10.1 Å². The molecule has 1 rings (SSSR count). The third-order valence-corrected chi connectivity index (χ3v) is 2.41. The highest BCUT2D eigenvalue weighted by molar-refractivity contribution is 5.98. The Hall–Kier alpha value is -2.17. The van der Waals surface area contributed by atoms with E-state index < -0.39 is 17.4 Å². The summed E-state index contributed by atoms with van der Waals surface area (Å²) >= 11 is 0. The molecule has 1 atom stereocenters. The number of ether oxygens (including phenoxy) is 1. The number of esters is 1. The molecule has 0 aromatic heterocycles. The molecule has 0 saturated heterocycles. The van der Waals surface area contributed by atoms with Gasteiger partial charge in [0.2, 0.25) is 0 Å². The highest BCUT2D eigenvalue weighted by Crippen LogP contribution is 2.11. The van der Waals surface area contributed by atoms with Crippen LogP contribution in [0.15, 0.2) is 42.7 Å². The number of carbonyl (C=O) groups excluding carboxylic acids is 2. The van der Waals surface area contributed by atoms with E-state index in [1.165, 1.54) is 14.0 Å². The summed E-state index contributed by atoms with van der Waals surface area (Å²) in [7, 11) is 1.17. The zero-order chi connectivity index (χ0) is 13.6. The van der Waals surface area contributed by atoms with Gasteiger partial charge in [0.15, 0.2) is 5.54 Å². The lowest BCUT2D eigenvalue weighted by molar-refractivity contribution is -0.145. The molecule has 1 aromatic rings. The Balaban J connectivity index is 2.92. The van der Waals surface area contributed by atoms with Crippen LogP contribution < -0.4 is 5.32 Å². The molecule has 0 spiro atoms. The van der Waals surface area contributed by atoms with Gasteiger partial charge in [-0.3, -0.25) is 4.79 Å². The Morgan fingerprint density at radius 2 is 1.94 bits per heavy atom. The van der Waals surface area contributed by atoms with Crippen LogP contribution in [-0.2, 0) is 9.53 Å². The summed E-state index contributed by atoms with van der Waals surface area (Å²) in [4.78, 5) is 23.4. The Morgan fingerprint density at radius 3 is 2.44 bits per heavy atom. The first-order valence-electron chi connectivity index (χ1n) is 5.27. The van der Waals surface area contributed by atoms with Crippen LogP contribution in [0.2, 0.25) is 0 Å². The van der Waals surface area contributed by atoms with Gasteiger partial charge in [-0.2, -0.15) is 0 Å². The Labute approximate surface area is 104 Å². The van der Waals surface area contributed by atoms with Gasteiger partial charge in [-0.05, 0) is 25.1 Å². The normalized spacial score (nSPS) is 13.9. The van der Waals surface area contributed by atoms with E-state index in [0.29, 0.717) is 5.56 Å². The molecule has 5 heteroatoms. The second-order valence-corrected chi connectivity index (χ2v) is 3.81. The molecule has 0 saturated carbocycles. The van der Waals surface area contributed by atoms with Crippen LogP contribution in [0.1, 0.15) is 17.3 Å². The third-order valence-electron chi connectivity index (χ3n) is 2.41. The molecule has 0 aliphatic rings. The fourth-order valence-electron chi connectivity index (χ4n) is 1.40. The molecule has 4 nitrogen and oxygen atoms in total. The van der Waals surface area contributed by atoms with Crippen LogP contribution in [-0.4, -0.2) is 24.5 Å². The lowest BCUT2D eigenvalue weighted by Gasteiger charge is -2.23. The fraction of sp³-hybridized carbons (Fsp3) is 0.231. The summed E-state index contributed by atoms with van der Waals surface area (Å²) in [5.74, 6) is -1.23. The summed E-state index contributed by atoms with van der Waals surface area (Å²) in [6.45, 7) is 1.36. The van der Waals surface area contributed by atoms with Crippen molar-refractivity contribution in [2.24, 2.45) is 0 Å². The van der Waals surface area contributed by atoms with Gasteiger partial charge in [0.05, 0.1) is 13.4 Å². The van der Waals surface area contributed by atoms with Crippen molar-refractivity contribution in [1.29, 1.82) is 0 Å². The lowest BCUT2D eigenvalue weighted by atomic mass is 10.0. The number of benzene rings is 1. The molecule has 0 unspecified atom stereocenters. The minimum atomic E-state index is -1.53. The minimum absolute atomic E-state index is 0.197. The minimum Gasteiger partial charge on any atom is -0.467 e. The van der Waals surface area contributed by atoms with Gasteiger partial charge in [0, 0.05) is 5.56 Å². The van der Waals surface area contributed by atoms with Crippen LogP contribution >= 0.6 is 0 Å². The fourth-order valence-corrected chi connectivity index (χ4v) is 1.40. The molecule has 0 bridgehead atoms. The van der Waals surface area contributed by atoms with Crippen LogP contribution in [0.5, 0.6) is 0 Å². The standard InChI is InChI=1S/C13H14FNO3/c1-13(8-9-14,12(17)18-2)15-11(16)10-6-4-3-5-7-10/h3-9H,1-2H3,(H,15,16)/b9-8-/t13-/m0/s1. The quantitative estimate of drug-likeness (QED) is 0.831. The van der Waals surface area contributed by atoms with E-state index in [4.69, 9.17) is 0 Å². The van der Waals surface area contributed by atoms with Crippen molar-refractivity contribution in [3.63, 3.8) is 0 Å². The van der Waals surface area contributed by atoms with Crippen molar-refractivity contribution in [1.82, 2.24) is 5.32 Å². The molecule has 1 N–H and O–H groups in total. The van der Waals surface area contributed by atoms with Crippen molar-refractivity contribution in [2.75, 3.05) is 7.11 Å². The predicted octanol–water partition coefficient (Wildman–Crippen LogP) is 1.83. The third kappa shape index (κ3) is 3.16. The molecule has 96 valence electrons. The van der Waals surface area contributed by atoms with Gasteiger partial charge in [0.1, 0.15) is 0 Å². The first-order valence-corrected chi connectivity index (χ1v) is 5.27. The molecule has 1 amide bonds. The van der Waals surface area contributed by atoms with Gasteiger partial charge in [-0.25, -0.2) is 9.18 Å². The number of nitrogens with one attached hydrogen (secondary N) is 1. The Bertz CT molecular complexity index is 459. The SMILES string of the molecule is COC(=O)[C@](C)(/C=C\F)NC(=O)c1ccccc1. The van der Waals surface area contributed by atoms with Crippen LogP contribution in [0.25, 0.3) is 0 Å².